The van der Waals surface area contributed by atoms with Crippen molar-refractivity contribution >= 4 is 17.0 Å². The first kappa shape index (κ1) is 20.2. The van der Waals surface area contributed by atoms with Crippen LogP contribution in [0.5, 0.6) is 11.5 Å². The molecule has 0 amide bonds. The third-order valence-corrected chi connectivity index (χ3v) is 4.86. The van der Waals surface area contributed by atoms with Gasteiger partial charge in [0.2, 0.25) is 0 Å². The molecule has 0 aliphatic carbocycles. The van der Waals surface area contributed by atoms with Gasteiger partial charge in [-0.25, -0.2) is 23.7 Å². The van der Waals surface area contributed by atoms with E-state index >= 15 is 0 Å². The molecule has 2 aromatic heterocycles. The average molecular weight is 425 g/mol. The highest BCUT2D eigenvalue weighted by molar-refractivity contribution is 5.82. The minimum absolute atomic E-state index is 0.106. The lowest BCUT2D eigenvalue weighted by atomic mass is 10.1. The zero-order valence-corrected chi connectivity index (χ0v) is 15.1. The number of phenolic OH excluding ortho intramolecular Hbond substituents is 2. The van der Waals surface area contributed by atoms with Gasteiger partial charge in [-0.2, -0.15) is 0 Å². The topological polar surface area (TPSA) is 166 Å². The first-order valence-electron chi connectivity index (χ1n) is 8.76. The minimum atomic E-state index is -1.35. The number of benzene rings is 1. The van der Waals surface area contributed by atoms with E-state index in [1.165, 1.54) is 10.9 Å². The van der Waals surface area contributed by atoms with Crippen molar-refractivity contribution in [2.24, 2.45) is 0 Å². The summed E-state index contributed by atoms with van der Waals surface area (Å²) in [7, 11) is 0. The Morgan fingerprint density at radius 1 is 1.07 bits per heavy atom. The van der Waals surface area contributed by atoms with E-state index < -0.39 is 59.8 Å². The summed E-state index contributed by atoms with van der Waals surface area (Å²) >= 11 is 0. The average Bonchev–Trinajstić information content (AvgIpc) is 3.28. The van der Waals surface area contributed by atoms with Gasteiger partial charge in [-0.1, -0.05) is 0 Å². The molecule has 0 spiro atoms. The number of ether oxygens (including phenoxy) is 1. The Kier molecular flexibility index (Phi) is 5.11. The Hall–Kier alpha value is -3.13. The number of hydrogen-bond donors (Lipinski definition) is 6. The molecule has 13 heteroatoms. The molecule has 4 rings (SSSR count). The molecule has 4 atom stereocenters. The van der Waals surface area contributed by atoms with Crippen molar-refractivity contribution in [2.75, 3.05) is 11.9 Å². The second kappa shape index (κ2) is 7.60. The first-order chi connectivity index (χ1) is 14.3. The summed E-state index contributed by atoms with van der Waals surface area (Å²) in [5.74, 6) is -4.19. The predicted molar refractivity (Wildman–Crippen MR) is 95.3 cm³/mol. The molecule has 0 radical (unpaired) electrons. The number of aromatic nitrogens is 4. The summed E-state index contributed by atoms with van der Waals surface area (Å²) in [5.41, 5.74) is -0.0329. The number of aromatic hydroxyl groups is 2. The lowest BCUT2D eigenvalue weighted by molar-refractivity contribution is -0.0511. The first-order valence-corrected chi connectivity index (χ1v) is 8.76. The maximum absolute atomic E-state index is 13.6. The number of nitrogens with zero attached hydrogens (tertiary/aromatic N) is 4. The number of imidazole rings is 1. The van der Waals surface area contributed by atoms with Crippen LogP contribution in [-0.4, -0.2) is 70.0 Å². The van der Waals surface area contributed by atoms with Crippen molar-refractivity contribution in [2.45, 2.75) is 31.1 Å². The third-order valence-electron chi connectivity index (χ3n) is 4.86. The molecule has 1 aromatic carbocycles. The Morgan fingerprint density at radius 2 is 1.77 bits per heavy atom. The van der Waals surface area contributed by atoms with Crippen LogP contribution in [0.4, 0.5) is 14.6 Å². The van der Waals surface area contributed by atoms with Crippen LogP contribution in [0.15, 0.2) is 18.7 Å². The molecule has 3 heterocycles. The molecule has 160 valence electrons. The molecule has 1 unspecified atom stereocenters. The largest absolute Gasteiger partial charge is 0.504 e. The number of aliphatic hydroxyl groups excluding tert-OH is 3. The fourth-order valence-corrected chi connectivity index (χ4v) is 3.27. The quantitative estimate of drug-likeness (QED) is 0.321. The molecule has 30 heavy (non-hydrogen) atoms. The van der Waals surface area contributed by atoms with E-state index in [0.717, 1.165) is 6.33 Å². The van der Waals surface area contributed by atoms with Crippen molar-refractivity contribution < 1.29 is 39.1 Å². The van der Waals surface area contributed by atoms with Gasteiger partial charge in [0, 0.05) is 12.6 Å². The number of hydrogen-bond acceptors (Lipinski definition) is 10. The van der Waals surface area contributed by atoms with Crippen molar-refractivity contribution in [3.8, 4) is 11.5 Å². The highest BCUT2D eigenvalue weighted by atomic mass is 19.1. The van der Waals surface area contributed by atoms with Gasteiger partial charge in [0.25, 0.3) is 0 Å². The zero-order valence-electron chi connectivity index (χ0n) is 15.1. The number of aliphatic hydroxyl groups is 3. The van der Waals surface area contributed by atoms with E-state index in [0.29, 0.717) is 6.07 Å². The molecule has 1 fully saturated rings. The van der Waals surface area contributed by atoms with Gasteiger partial charge in [-0.3, -0.25) is 4.57 Å². The summed E-state index contributed by atoms with van der Waals surface area (Å²) in [6.45, 7) is -0.889. The molecule has 1 saturated heterocycles. The van der Waals surface area contributed by atoms with Crippen LogP contribution in [0.25, 0.3) is 11.2 Å². The second-order valence-corrected chi connectivity index (χ2v) is 6.64. The van der Waals surface area contributed by atoms with Crippen LogP contribution in [0.1, 0.15) is 11.8 Å². The van der Waals surface area contributed by atoms with Crippen LogP contribution in [0, 0.1) is 11.6 Å². The van der Waals surface area contributed by atoms with Gasteiger partial charge in [-0.15, -0.1) is 0 Å². The van der Waals surface area contributed by atoms with E-state index in [9.17, 15) is 34.3 Å². The van der Waals surface area contributed by atoms with E-state index in [4.69, 9.17) is 4.74 Å². The van der Waals surface area contributed by atoms with Gasteiger partial charge >= 0.3 is 0 Å². The molecule has 6 N–H and O–H groups in total. The number of rotatable bonds is 5. The summed E-state index contributed by atoms with van der Waals surface area (Å²) in [5, 5.41) is 51.6. The maximum atomic E-state index is 13.6. The normalized spacial score (nSPS) is 23.9. The Balaban J connectivity index is 1.64. The lowest BCUT2D eigenvalue weighted by Gasteiger charge is -2.16. The van der Waals surface area contributed by atoms with Crippen molar-refractivity contribution in [3.63, 3.8) is 0 Å². The van der Waals surface area contributed by atoms with Gasteiger partial charge in [0.05, 0.1) is 18.5 Å². The second-order valence-electron chi connectivity index (χ2n) is 6.64. The molecular weight excluding hydrogens is 408 g/mol. The fraction of sp³-hybridized carbons (Fsp3) is 0.353. The molecular formula is C17H17F2N5O6. The number of anilines is 1. The van der Waals surface area contributed by atoms with E-state index in [1.807, 2.05) is 0 Å². The van der Waals surface area contributed by atoms with Crippen LogP contribution >= 0.6 is 0 Å². The number of nitrogens with one attached hydrogen (secondary N) is 1. The van der Waals surface area contributed by atoms with Crippen LogP contribution in [0.3, 0.4) is 0 Å². The minimum Gasteiger partial charge on any atom is -0.504 e. The molecule has 1 aliphatic rings. The van der Waals surface area contributed by atoms with Gasteiger partial charge in [0.1, 0.15) is 24.6 Å². The summed E-state index contributed by atoms with van der Waals surface area (Å²) in [6, 6.07) is 0.361. The number of phenols is 2. The van der Waals surface area contributed by atoms with Crippen LogP contribution in [-0.2, 0) is 11.3 Å². The Morgan fingerprint density at radius 3 is 2.40 bits per heavy atom. The van der Waals surface area contributed by atoms with Gasteiger partial charge in [0.15, 0.2) is 46.3 Å². The van der Waals surface area contributed by atoms with Crippen molar-refractivity contribution in [1.82, 2.24) is 19.5 Å². The number of halogens is 2. The van der Waals surface area contributed by atoms with Crippen molar-refractivity contribution in [1.29, 1.82) is 0 Å². The smallest absolute Gasteiger partial charge is 0.168 e. The maximum Gasteiger partial charge on any atom is 0.168 e. The molecule has 0 bridgehead atoms. The van der Waals surface area contributed by atoms with Gasteiger partial charge < -0.3 is 35.6 Å². The standard InChI is InChI=1S/C17H17F2N5O6/c18-7-1-8(19)12(27)6(11(7)26)2-20-15-10-16(22-4-21-15)24(5-23-10)17-14(29)13(28)9(3-25)30-17/h1,4-5,9,13-14,17,25-29H,2-3H2,(H,20,21,22)/t9-,13-,14-,17?/m1/s1. The third kappa shape index (κ3) is 3.17. The fourth-order valence-electron chi connectivity index (χ4n) is 3.27. The van der Waals surface area contributed by atoms with Gasteiger partial charge in [-0.05, 0) is 0 Å². The van der Waals surface area contributed by atoms with Crippen molar-refractivity contribution in [3.05, 3.63) is 35.9 Å². The molecule has 0 saturated carbocycles. The van der Waals surface area contributed by atoms with Crippen LogP contribution < -0.4 is 5.32 Å². The SMILES string of the molecule is OC[C@H]1OC(n2cnc3c(NCc4c(O)c(F)cc(F)c4O)ncnc32)[C@H](O)[C@@H]1O. The molecule has 3 aromatic rings. The summed E-state index contributed by atoms with van der Waals surface area (Å²) in [6.07, 6.45) is -2.30. The number of fused-ring (bicyclic) bond motifs is 1. The zero-order chi connectivity index (χ0) is 21.6. The monoisotopic (exact) mass is 425 g/mol. The lowest BCUT2D eigenvalue weighted by Crippen LogP contribution is -2.33. The van der Waals surface area contributed by atoms with E-state index in [-0.39, 0.29) is 23.5 Å². The predicted octanol–water partition coefficient (Wildman–Crippen LogP) is -0.261. The summed E-state index contributed by atoms with van der Waals surface area (Å²) in [4.78, 5) is 12.2. The molecule has 11 nitrogen and oxygen atoms in total. The van der Waals surface area contributed by atoms with Crippen LogP contribution in [0.2, 0.25) is 0 Å². The highest BCUT2D eigenvalue weighted by Gasteiger charge is 2.44. The Bertz CT molecular complexity index is 1070. The van der Waals surface area contributed by atoms with E-state index in [1.54, 1.807) is 0 Å². The summed E-state index contributed by atoms with van der Waals surface area (Å²) < 4.78 is 33.9. The van der Waals surface area contributed by atoms with E-state index in [2.05, 4.69) is 20.3 Å². The Labute approximate surface area is 166 Å². The highest BCUT2D eigenvalue weighted by Crippen LogP contribution is 2.34. The molecule has 1 aliphatic heterocycles.